The van der Waals surface area contributed by atoms with Gasteiger partial charge in [-0.05, 0) is 51.7 Å². The van der Waals surface area contributed by atoms with Crippen LogP contribution in [0.25, 0.3) is 0 Å². The number of benzene rings is 1. The van der Waals surface area contributed by atoms with Gasteiger partial charge in [0.1, 0.15) is 6.04 Å². The van der Waals surface area contributed by atoms with Gasteiger partial charge in [-0.2, -0.15) is 0 Å². The van der Waals surface area contributed by atoms with Crippen molar-refractivity contribution >= 4 is 11.6 Å². The van der Waals surface area contributed by atoms with Crippen LogP contribution in [-0.2, 0) is 4.79 Å². The smallest absolute Gasteiger partial charge is 0.256 e. The molecule has 1 aliphatic heterocycles. The Morgan fingerprint density at radius 2 is 2.15 bits per heavy atom. The number of nitrogens with zero attached hydrogens (tertiary/aromatic N) is 1. The lowest BCUT2D eigenvalue weighted by atomic mass is 9.78. The van der Waals surface area contributed by atoms with Gasteiger partial charge in [-0.25, -0.2) is 5.84 Å². The molecule has 0 spiro atoms. The Labute approximate surface area is 121 Å². The minimum Gasteiger partial charge on any atom is -0.354 e. The molecule has 0 unspecified atom stereocenters. The lowest BCUT2D eigenvalue weighted by molar-refractivity contribution is -0.122. The molecule has 20 heavy (non-hydrogen) atoms. The van der Waals surface area contributed by atoms with E-state index in [0.717, 1.165) is 12.1 Å². The number of amides is 1. The van der Waals surface area contributed by atoms with Crippen LogP contribution in [0.2, 0.25) is 0 Å². The van der Waals surface area contributed by atoms with Gasteiger partial charge in [-0.3, -0.25) is 10.2 Å². The van der Waals surface area contributed by atoms with Crippen LogP contribution in [0.1, 0.15) is 51.2 Å². The van der Waals surface area contributed by atoms with Gasteiger partial charge in [0.05, 0.1) is 0 Å². The van der Waals surface area contributed by atoms with E-state index in [4.69, 9.17) is 5.84 Å². The molecule has 4 heteroatoms. The van der Waals surface area contributed by atoms with Crippen LogP contribution in [0.3, 0.4) is 0 Å². The summed E-state index contributed by atoms with van der Waals surface area (Å²) in [4.78, 5) is 14.2. The summed E-state index contributed by atoms with van der Waals surface area (Å²) in [6.07, 6.45) is 1.02. The van der Waals surface area contributed by atoms with Crippen LogP contribution in [-0.4, -0.2) is 17.5 Å². The molecule has 0 bridgehead atoms. The summed E-state index contributed by atoms with van der Waals surface area (Å²) >= 11 is 0. The van der Waals surface area contributed by atoms with E-state index < -0.39 is 0 Å². The van der Waals surface area contributed by atoms with Crippen LogP contribution in [0, 0.1) is 6.92 Å². The van der Waals surface area contributed by atoms with Crippen molar-refractivity contribution < 1.29 is 4.79 Å². The molecule has 3 N–H and O–H groups in total. The summed E-state index contributed by atoms with van der Waals surface area (Å²) in [5, 5.41) is 0. The SMILES string of the molecule is Cc1ccc2c(c1)[C@H](C)CC(C)(C)N2[C@H](C)C(=O)NN. The molecule has 1 aromatic rings. The van der Waals surface area contributed by atoms with Crippen molar-refractivity contribution in [3.63, 3.8) is 0 Å². The topological polar surface area (TPSA) is 58.4 Å². The monoisotopic (exact) mass is 275 g/mol. The number of aryl methyl sites for hydroxylation is 1. The zero-order valence-electron chi connectivity index (χ0n) is 13.0. The second-order valence-corrected chi connectivity index (χ2v) is 6.53. The third kappa shape index (κ3) is 2.40. The lowest BCUT2D eigenvalue weighted by Crippen LogP contribution is -2.58. The number of hydrogen-bond acceptors (Lipinski definition) is 3. The average Bonchev–Trinajstić information content (AvgIpc) is 2.37. The zero-order valence-corrected chi connectivity index (χ0v) is 13.0. The van der Waals surface area contributed by atoms with E-state index >= 15 is 0 Å². The Balaban J connectivity index is 2.54. The van der Waals surface area contributed by atoms with E-state index in [0.29, 0.717) is 5.92 Å². The molecule has 0 radical (unpaired) electrons. The number of hydrogen-bond donors (Lipinski definition) is 2. The molecule has 0 saturated heterocycles. The molecule has 0 aromatic heterocycles. The molecular weight excluding hydrogens is 250 g/mol. The average molecular weight is 275 g/mol. The predicted octanol–water partition coefficient (Wildman–Crippen LogP) is 2.47. The Kier molecular flexibility index (Phi) is 3.78. The van der Waals surface area contributed by atoms with Gasteiger partial charge < -0.3 is 4.90 Å². The van der Waals surface area contributed by atoms with Crippen LogP contribution < -0.4 is 16.2 Å². The first-order chi connectivity index (χ1) is 9.27. The van der Waals surface area contributed by atoms with Crippen molar-refractivity contribution in [2.24, 2.45) is 5.84 Å². The largest absolute Gasteiger partial charge is 0.354 e. The van der Waals surface area contributed by atoms with Crippen molar-refractivity contribution in [2.45, 2.75) is 58.5 Å². The number of carbonyl (C=O) groups is 1. The van der Waals surface area contributed by atoms with Crippen LogP contribution in [0.4, 0.5) is 5.69 Å². The number of carbonyl (C=O) groups excluding carboxylic acids is 1. The van der Waals surface area contributed by atoms with E-state index in [-0.39, 0.29) is 17.5 Å². The van der Waals surface area contributed by atoms with E-state index in [1.54, 1.807) is 0 Å². The van der Waals surface area contributed by atoms with Crippen molar-refractivity contribution in [1.82, 2.24) is 5.43 Å². The molecule has 1 amide bonds. The maximum atomic E-state index is 12.0. The molecule has 0 fully saturated rings. The summed E-state index contributed by atoms with van der Waals surface area (Å²) in [7, 11) is 0. The highest BCUT2D eigenvalue weighted by molar-refractivity contribution is 5.85. The lowest BCUT2D eigenvalue weighted by Gasteiger charge is -2.50. The zero-order chi connectivity index (χ0) is 15.1. The Bertz CT molecular complexity index is 524. The fraction of sp³-hybridized carbons (Fsp3) is 0.562. The molecule has 4 nitrogen and oxygen atoms in total. The summed E-state index contributed by atoms with van der Waals surface area (Å²) in [6.45, 7) is 10.6. The number of hydrazine groups is 1. The quantitative estimate of drug-likeness (QED) is 0.495. The third-order valence-corrected chi connectivity index (χ3v) is 4.34. The minimum atomic E-state index is -0.288. The highest BCUT2D eigenvalue weighted by Gasteiger charge is 2.40. The van der Waals surface area contributed by atoms with Crippen LogP contribution in [0.5, 0.6) is 0 Å². The van der Waals surface area contributed by atoms with Gasteiger partial charge in [0.25, 0.3) is 5.91 Å². The highest BCUT2D eigenvalue weighted by Crippen LogP contribution is 2.44. The number of fused-ring (bicyclic) bond motifs is 1. The van der Waals surface area contributed by atoms with E-state index in [1.165, 1.54) is 11.1 Å². The van der Waals surface area contributed by atoms with Gasteiger partial charge >= 0.3 is 0 Å². The predicted molar refractivity (Wildman–Crippen MR) is 82.6 cm³/mol. The summed E-state index contributed by atoms with van der Waals surface area (Å²) in [5.74, 6) is 5.65. The number of rotatable bonds is 2. The van der Waals surface area contributed by atoms with Crippen LogP contribution in [0.15, 0.2) is 18.2 Å². The minimum absolute atomic E-state index is 0.0758. The number of nitrogens with two attached hydrogens (primary N) is 1. The van der Waals surface area contributed by atoms with Gasteiger partial charge in [-0.15, -0.1) is 0 Å². The van der Waals surface area contributed by atoms with Gasteiger partial charge in [0, 0.05) is 11.2 Å². The summed E-state index contributed by atoms with van der Waals surface area (Å²) < 4.78 is 0. The first-order valence-electron chi connectivity index (χ1n) is 7.18. The Hall–Kier alpha value is -1.55. The maximum absolute atomic E-state index is 12.0. The molecule has 1 aromatic carbocycles. The number of anilines is 1. The molecule has 0 aliphatic carbocycles. The number of nitrogens with one attached hydrogen (secondary N) is 1. The van der Waals surface area contributed by atoms with Crippen LogP contribution >= 0.6 is 0 Å². The molecule has 110 valence electrons. The standard InChI is InChI=1S/C16H25N3O/c1-10-6-7-14-13(8-10)11(2)9-16(4,5)19(14)12(3)15(20)18-17/h6-8,11-12H,9,17H2,1-5H3,(H,18,20)/t11-,12-/m1/s1. The second kappa shape index (κ2) is 5.09. The van der Waals surface area contributed by atoms with Crippen molar-refractivity contribution in [2.75, 3.05) is 4.90 Å². The summed E-state index contributed by atoms with van der Waals surface area (Å²) in [6, 6.07) is 6.18. The van der Waals surface area contributed by atoms with Gasteiger partial charge in [-0.1, -0.05) is 24.6 Å². The molecule has 2 rings (SSSR count). The highest BCUT2D eigenvalue weighted by atomic mass is 16.2. The fourth-order valence-electron chi connectivity index (χ4n) is 3.54. The van der Waals surface area contributed by atoms with Gasteiger partial charge in [0.15, 0.2) is 0 Å². The van der Waals surface area contributed by atoms with E-state index in [2.05, 4.69) is 56.2 Å². The molecule has 1 heterocycles. The van der Waals surface area contributed by atoms with Gasteiger partial charge in [0.2, 0.25) is 0 Å². The van der Waals surface area contributed by atoms with Crippen molar-refractivity contribution in [3.8, 4) is 0 Å². The normalized spacial score (nSPS) is 22.1. The Morgan fingerprint density at radius 1 is 1.50 bits per heavy atom. The maximum Gasteiger partial charge on any atom is 0.256 e. The molecule has 1 aliphatic rings. The summed E-state index contributed by atoms with van der Waals surface area (Å²) in [5.41, 5.74) is 5.92. The van der Waals surface area contributed by atoms with E-state index in [1.807, 2.05) is 6.92 Å². The second-order valence-electron chi connectivity index (χ2n) is 6.53. The third-order valence-electron chi connectivity index (χ3n) is 4.34. The molecule has 2 atom stereocenters. The first-order valence-corrected chi connectivity index (χ1v) is 7.18. The van der Waals surface area contributed by atoms with E-state index in [9.17, 15) is 4.79 Å². The van der Waals surface area contributed by atoms with Crippen molar-refractivity contribution in [1.29, 1.82) is 0 Å². The van der Waals surface area contributed by atoms with Crippen molar-refractivity contribution in [3.05, 3.63) is 29.3 Å². The fourth-order valence-corrected chi connectivity index (χ4v) is 3.54. The first kappa shape index (κ1) is 14.9. The Morgan fingerprint density at radius 3 is 2.75 bits per heavy atom. The molecule has 0 saturated carbocycles. The molecular formula is C16H25N3O.